The molecule has 1 aliphatic rings. The average Bonchev–Trinajstić information content (AvgIpc) is 1.93. The van der Waals surface area contributed by atoms with Crippen molar-refractivity contribution in [1.82, 2.24) is 10.6 Å². The zero-order valence-electron chi connectivity index (χ0n) is 6.76. The molecular formula is C7H15N3O. The topological polar surface area (TPSA) is 67.2 Å². The van der Waals surface area contributed by atoms with Crippen LogP contribution >= 0.6 is 0 Å². The van der Waals surface area contributed by atoms with Crippen molar-refractivity contribution in [3.63, 3.8) is 0 Å². The molecule has 4 N–H and O–H groups in total. The lowest BCUT2D eigenvalue weighted by atomic mass is 9.95. The van der Waals surface area contributed by atoms with Gasteiger partial charge in [-0.2, -0.15) is 0 Å². The summed E-state index contributed by atoms with van der Waals surface area (Å²) in [7, 11) is 0. The van der Waals surface area contributed by atoms with Gasteiger partial charge in [0, 0.05) is 12.6 Å². The molecule has 0 aromatic heterocycles. The second kappa shape index (κ2) is 3.57. The van der Waals surface area contributed by atoms with Crippen LogP contribution in [0.3, 0.4) is 0 Å². The summed E-state index contributed by atoms with van der Waals surface area (Å²) in [5.41, 5.74) is 5.01. The van der Waals surface area contributed by atoms with Crippen molar-refractivity contribution in [3.8, 4) is 0 Å². The third-order valence-electron chi connectivity index (χ3n) is 2.16. The fourth-order valence-electron chi connectivity index (χ4n) is 1.37. The lowest BCUT2D eigenvalue weighted by Gasteiger charge is -2.29. The van der Waals surface area contributed by atoms with Crippen LogP contribution in [-0.2, 0) is 0 Å². The third-order valence-corrected chi connectivity index (χ3v) is 2.16. The molecule has 1 fully saturated rings. The standard InChI is InChI=1S/C7H15N3O/c1-5-2-3-9-4-6(5)10-7(8)11/h5-6,9H,2-4H2,1H3,(H3,8,10,11). The van der Waals surface area contributed by atoms with E-state index >= 15 is 0 Å². The van der Waals surface area contributed by atoms with Crippen LogP contribution in [-0.4, -0.2) is 25.2 Å². The lowest BCUT2D eigenvalue weighted by Crippen LogP contribution is -2.51. The molecule has 2 atom stereocenters. The van der Waals surface area contributed by atoms with Crippen LogP contribution in [0.15, 0.2) is 0 Å². The van der Waals surface area contributed by atoms with Gasteiger partial charge in [0.1, 0.15) is 0 Å². The van der Waals surface area contributed by atoms with Gasteiger partial charge in [-0.1, -0.05) is 6.92 Å². The maximum Gasteiger partial charge on any atom is 0.312 e. The van der Waals surface area contributed by atoms with E-state index in [1.54, 1.807) is 0 Å². The SMILES string of the molecule is CC1CCNCC1NC(N)=O. The molecule has 11 heavy (non-hydrogen) atoms. The largest absolute Gasteiger partial charge is 0.352 e. The highest BCUT2D eigenvalue weighted by molar-refractivity contribution is 5.72. The van der Waals surface area contributed by atoms with E-state index in [9.17, 15) is 4.79 Å². The Morgan fingerprint density at radius 1 is 1.73 bits per heavy atom. The van der Waals surface area contributed by atoms with Crippen LogP contribution in [0.4, 0.5) is 4.79 Å². The van der Waals surface area contributed by atoms with Gasteiger partial charge in [0.2, 0.25) is 0 Å². The number of rotatable bonds is 1. The molecule has 4 nitrogen and oxygen atoms in total. The summed E-state index contributed by atoms with van der Waals surface area (Å²) in [6.45, 7) is 4.00. The highest BCUT2D eigenvalue weighted by atomic mass is 16.2. The molecule has 1 aliphatic heterocycles. The van der Waals surface area contributed by atoms with Gasteiger partial charge in [-0.25, -0.2) is 4.79 Å². The van der Waals surface area contributed by atoms with E-state index < -0.39 is 6.03 Å². The van der Waals surface area contributed by atoms with E-state index in [2.05, 4.69) is 17.6 Å². The first kappa shape index (κ1) is 8.33. The highest BCUT2D eigenvalue weighted by Gasteiger charge is 2.21. The molecule has 0 aromatic rings. The van der Waals surface area contributed by atoms with Crippen molar-refractivity contribution >= 4 is 6.03 Å². The summed E-state index contributed by atoms with van der Waals surface area (Å²) in [6, 6.07) is -0.216. The number of primary amides is 1. The molecule has 0 aromatic carbocycles. The molecule has 1 heterocycles. The zero-order valence-corrected chi connectivity index (χ0v) is 6.76. The van der Waals surface area contributed by atoms with E-state index in [1.165, 1.54) is 0 Å². The number of carbonyl (C=O) groups is 1. The zero-order chi connectivity index (χ0) is 8.27. The van der Waals surface area contributed by atoms with Gasteiger partial charge in [-0.3, -0.25) is 0 Å². The van der Waals surface area contributed by atoms with Crippen LogP contribution in [0.1, 0.15) is 13.3 Å². The van der Waals surface area contributed by atoms with E-state index in [0.29, 0.717) is 5.92 Å². The van der Waals surface area contributed by atoms with Crippen LogP contribution in [0.5, 0.6) is 0 Å². The molecule has 1 saturated heterocycles. The van der Waals surface area contributed by atoms with Crippen molar-refractivity contribution in [2.45, 2.75) is 19.4 Å². The summed E-state index contributed by atoms with van der Waals surface area (Å²) in [5, 5.41) is 5.91. The summed E-state index contributed by atoms with van der Waals surface area (Å²) >= 11 is 0. The fraction of sp³-hybridized carbons (Fsp3) is 0.857. The second-order valence-corrected chi connectivity index (χ2v) is 3.09. The summed E-state index contributed by atoms with van der Waals surface area (Å²) < 4.78 is 0. The minimum Gasteiger partial charge on any atom is -0.352 e. The molecule has 0 aliphatic carbocycles. The molecule has 2 unspecified atom stereocenters. The van der Waals surface area contributed by atoms with Gasteiger partial charge in [0.25, 0.3) is 0 Å². The summed E-state index contributed by atoms with van der Waals surface area (Å²) in [5.74, 6) is 0.531. The second-order valence-electron chi connectivity index (χ2n) is 3.09. The number of piperidine rings is 1. The Morgan fingerprint density at radius 2 is 2.45 bits per heavy atom. The van der Waals surface area contributed by atoms with Gasteiger partial charge >= 0.3 is 6.03 Å². The van der Waals surface area contributed by atoms with Crippen molar-refractivity contribution in [2.24, 2.45) is 11.7 Å². The van der Waals surface area contributed by atoms with E-state index in [4.69, 9.17) is 5.73 Å². The van der Waals surface area contributed by atoms with Crippen LogP contribution in [0, 0.1) is 5.92 Å². The van der Waals surface area contributed by atoms with Gasteiger partial charge in [-0.15, -0.1) is 0 Å². The number of hydrogen-bond donors (Lipinski definition) is 3. The van der Waals surface area contributed by atoms with Crippen molar-refractivity contribution in [1.29, 1.82) is 0 Å². The normalized spacial score (nSPS) is 31.4. The van der Waals surface area contributed by atoms with Gasteiger partial charge in [0.05, 0.1) is 0 Å². The fourth-order valence-corrected chi connectivity index (χ4v) is 1.37. The number of urea groups is 1. The van der Waals surface area contributed by atoms with Crippen molar-refractivity contribution in [3.05, 3.63) is 0 Å². The Morgan fingerprint density at radius 3 is 3.00 bits per heavy atom. The molecular weight excluding hydrogens is 142 g/mol. The van der Waals surface area contributed by atoms with E-state index in [1.807, 2.05) is 0 Å². The Labute approximate surface area is 66.5 Å². The Hall–Kier alpha value is -0.770. The molecule has 64 valence electrons. The quantitative estimate of drug-likeness (QED) is 0.487. The molecule has 0 radical (unpaired) electrons. The van der Waals surface area contributed by atoms with Crippen molar-refractivity contribution < 1.29 is 4.79 Å². The first-order valence-electron chi connectivity index (χ1n) is 3.97. The number of nitrogens with one attached hydrogen (secondary N) is 2. The molecule has 1 rings (SSSR count). The number of hydrogen-bond acceptors (Lipinski definition) is 2. The van der Waals surface area contributed by atoms with E-state index in [0.717, 1.165) is 19.5 Å². The van der Waals surface area contributed by atoms with Gasteiger partial charge < -0.3 is 16.4 Å². The maximum atomic E-state index is 10.5. The minimum atomic E-state index is -0.425. The van der Waals surface area contributed by atoms with Crippen LogP contribution in [0.2, 0.25) is 0 Å². The van der Waals surface area contributed by atoms with Gasteiger partial charge in [-0.05, 0) is 18.9 Å². The van der Waals surface area contributed by atoms with Gasteiger partial charge in [0.15, 0.2) is 0 Å². The number of amides is 2. The van der Waals surface area contributed by atoms with Crippen LogP contribution < -0.4 is 16.4 Å². The molecule has 4 heteroatoms. The molecule has 0 saturated carbocycles. The predicted octanol–water partition coefficient (Wildman–Crippen LogP) is -0.347. The molecule has 0 bridgehead atoms. The summed E-state index contributed by atoms with van der Waals surface area (Å²) in [4.78, 5) is 10.5. The Kier molecular flexibility index (Phi) is 2.70. The lowest BCUT2D eigenvalue weighted by molar-refractivity contribution is 0.233. The predicted molar refractivity (Wildman–Crippen MR) is 43.2 cm³/mol. The highest BCUT2D eigenvalue weighted by Crippen LogP contribution is 2.10. The third kappa shape index (κ3) is 2.38. The monoisotopic (exact) mass is 157 g/mol. The molecule has 0 spiro atoms. The first-order valence-corrected chi connectivity index (χ1v) is 3.97. The van der Waals surface area contributed by atoms with Crippen LogP contribution in [0.25, 0.3) is 0 Å². The smallest absolute Gasteiger partial charge is 0.312 e. The average molecular weight is 157 g/mol. The van der Waals surface area contributed by atoms with E-state index in [-0.39, 0.29) is 6.04 Å². The first-order chi connectivity index (χ1) is 5.20. The Bertz CT molecular complexity index is 149. The van der Waals surface area contributed by atoms with Crippen molar-refractivity contribution in [2.75, 3.05) is 13.1 Å². The Balaban J connectivity index is 2.35. The number of carbonyl (C=O) groups excluding carboxylic acids is 1. The molecule has 2 amide bonds. The summed E-state index contributed by atoms with van der Waals surface area (Å²) in [6.07, 6.45) is 1.10. The maximum absolute atomic E-state index is 10.5. The minimum absolute atomic E-state index is 0.209. The number of nitrogens with two attached hydrogens (primary N) is 1.